The van der Waals surface area contributed by atoms with E-state index in [2.05, 4.69) is 17.1 Å². The van der Waals surface area contributed by atoms with Crippen molar-refractivity contribution >= 4 is 23.1 Å². The second kappa shape index (κ2) is 9.52. The van der Waals surface area contributed by atoms with Crippen molar-refractivity contribution < 1.29 is 14.3 Å². The van der Waals surface area contributed by atoms with Crippen LogP contribution in [0.25, 0.3) is 0 Å². The van der Waals surface area contributed by atoms with Crippen molar-refractivity contribution in [3.63, 3.8) is 0 Å². The lowest BCUT2D eigenvalue weighted by Crippen LogP contribution is -2.49. The molecule has 0 fully saturated rings. The topological polar surface area (TPSA) is 50.8 Å². The highest BCUT2D eigenvalue weighted by Crippen LogP contribution is 2.40. The van der Waals surface area contributed by atoms with Crippen molar-refractivity contribution in [2.24, 2.45) is 0 Å². The molecule has 1 aliphatic carbocycles. The number of carbonyl (C=O) groups excluding carboxylic acids is 1. The van der Waals surface area contributed by atoms with Crippen LogP contribution in [0.4, 0.5) is 0 Å². The molecule has 6 heteroatoms. The van der Waals surface area contributed by atoms with Gasteiger partial charge in [0.05, 0.1) is 12.6 Å². The first-order valence-electron chi connectivity index (χ1n) is 10.9. The minimum Gasteiger partial charge on any atom is -0.490 e. The second-order valence-corrected chi connectivity index (χ2v) is 8.06. The number of ketones is 1. The van der Waals surface area contributed by atoms with E-state index in [0.717, 1.165) is 41.8 Å². The molecule has 0 saturated heterocycles. The minimum absolute atomic E-state index is 0.196. The Morgan fingerprint density at radius 1 is 1.06 bits per heavy atom. The molecule has 1 unspecified atom stereocenters. The van der Waals surface area contributed by atoms with Crippen LogP contribution in [0.15, 0.2) is 59.8 Å². The Kier molecular flexibility index (Phi) is 6.56. The number of nitrogens with zero attached hydrogens (tertiary/aromatic N) is 1. The SMILES string of the molecule is CCOc1cc(C2NC(=S)N(CC)C3=C2C(=O)CCC3)ccc1OCc1ccccc1. The summed E-state index contributed by atoms with van der Waals surface area (Å²) in [4.78, 5) is 14.9. The van der Waals surface area contributed by atoms with Crippen molar-refractivity contribution in [1.29, 1.82) is 0 Å². The van der Waals surface area contributed by atoms with Crippen LogP contribution < -0.4 is 14.8 Å². The molecule has 5 nitrogen and oxygen atoms in total. The summed E-state index contributed by atoms with van der Waals surface area (Å²) in [5.74, 6) is 1.56. The lowest BCUT2D eigenvalue weighted by molar-refractivity contribution is -0.116. The molecule has 162 valence electrons. The molecule has 0 aromatic heterocycles. The van der Waals surface area contributed by atoms with Gasteiger partial charge >= 0.3 is 0 Å². The van der Waals surface area contributed by atoms with E-state index in [9.17, 15) is 4.79 Å². The van der Waals surface area contributed by atoms with Gasteiger partial charge in [-0.15, -0.1) is 0 Å². The Hall–Kier alpha value is -2.86. The predicted molar refractivity (Wildman–Crippen MR) is 125 cm³/mol. The zero-order valence-electron chi connectivity index (χ0n) is 18.0. The van der Waals surface area contributed by atoms with Gasteiger partial charge in [-0.2, -0.15) is 0 Å². The number of Topliss-reactive ketones (excluding diaryl/α,β-unsaturated/α-hetero) is 1. The largest absolute Gasteiger partial charge is 0.490 e. The number of hydrogen-bond donors (Lipinski definition) is 1. The molecule has 0 radical (unpaired) electrons. The van der Waals surface area contributed by atoms with Gasteiger partial charge < -0.3 is 19.7 Å². The summed E-state index contributed by atoms with van der Waals surface area (Å²) in [5.41, 5.74) is 3.95. The summed E-state index contributed by atoms with van der Waals surface area (Å²) < 4.78 is 11.9. The van der Waals surface area contributed by atoms with Crippen molar-refractivity contribution in [3.05, 3.63) is 70.9 Å². The summed E-state index contributed by atoms with van der Waals surface area (Å²) in [6.45, 7) is 5.75. The third-order valence-corrected chi connectivity index (χ3v) is 6.05. The molecule has 1 atom stereocenters. The molecule has 0 bridgehead atoms. The lowest BCUT2D eigenvalue weighted by Gasteiger charge is -2.40. The molecule has 0 saturated carbocycles. The van der Waals surface area contributed by atoms with Crippen LogP contribution in [0, 0.1) is 0 Å². The maximum atomic E-state index is 12.9. The van der Waals surface area contributed by atoms with E-state index >= 15 is 0 Å². The average molecular weight is 437 g/mol. The van der Waals surface area contributed by atoms with Gasteiger partial charge in [0, 0.05) is 24.2 Å². The number of ether oxygens (including phenoxy) is 2. The van der Waals surface area contributed by atoms with Crippen LogP contribution in [0.2, 0.25) is 0 Å². The highest BCUT2D eigenvalue weighted by atomic mass is 32.1. The number of benzene rings is 2. The third kappa shape index (κ3) is 4.44. The number of nitrogens with one attached hydrogen (secondary N) is 1. The summed E-state index contributed by atoms with van der Waals surface area (Å²) in [5, 5.41) is 4.06. The number of thiocarbonyl (C=S) groups is 1. The van der Waals surface area contributed by atoms with E-state index in [1.54, 1.807) is 0 Å². The van der Waals surface area contributed by atoms with E-state index in [1.165, 1.54) is 0 Å². The van der Waals surface area contributed by atoms with Gasteiger partial charge in [0.25, 0.3) is 0 Å². The zero-order valence-corrected chi connectivity index (χ0v) is 18.8. The number of carbonyl (C=O) groups is 1. The van der Waals surface area contributed by atoms with Crippen LogP contribution in [-0.4, -0.2) is 28.9 Å². The molecule has 31 heavy (non-hydrogen) atoms. The molecule has 1 aliphatic heterocycles. The number of hydrogen-bond acceptors (Lipinski definition) is 4. The van der Waals surface area contributed by atoms with Gasteiger partial charge in [-0.3, -0.25) is 4.79 Å². The molecule has 2 aliphatic rings. The van der Waals surface area contributed by atoms with Gasteiger partial charge in [-0.05, 0) is 62.2 Å². The summed E-state index contributed by atoms with van der Waals surface area (Å²) in [6.07, 6.45) is 2.34. The maximum Gasteiger partial charge on any atom is 0.173 e. The van der Waals surface area contributed by atoms with Crippen molar-refractivity contribution in [2.45, 2.75) is 45.8 Å². The maximum absolute atomic E-state index is 12.9. The van der Waals surface area contributed by atoms with E-state index in [1.807, 2.05) is 55.5 Å². The second-order valence-electron chi connectivity index (χ2n) is 7.68. The fourth-order valence-electron chi connectivity index (χ4n) is 4.26. The lowest BCUT2D eigenvalue weighted by atomic mass is 9.84. The normalized spacial score (nSPS) is 18.5. The first-order chi connectivity index (χ1) is 15.1. The Morgan fingerprint density at radius 2 is 1.87 bits per heavy atom. The Morgan fingerprint density at radius 3 is 2.61 bits per heavy atom. The van der Waals surface area contributed by atoms with Crippen LogP contribution in [0.5, 0.6) is 11.5 Å². The van der Waals surface area contributed by atoms with Crippen LogP contribution >= 0.6 is 12.2 Å². The van der Waals surface area contributed by atoms with Gasteiger partial charge in [0.1, 0.15) is 6.61 Å². The summed E-state index contributed by atoms with van der Waals surface area (Å²) in [7, 11) is 0. The Labute approximate surface area is 189 Å². The molecular weight excluding hydrogens is 408 g/mol. The molecule has 1 N–H and O–H groups in total. The molecule has 0 amide bonds. The van der Waals surface area contributed by atoms with Crippen molar-refractivity contribution in [1.82, 2.24) is 10.2 Å². The zero-order chi connectivity index (χ0) is 21.8. The average Bonchev–Trinajstić information content (AvgIpc) is 2.79. The van der Waals surface area contributed by atoms with Gasteiger partial charge in [-0.25, -0.2) is 0 Å². The first kappa shape index (κ1) is 21.4. The monoisotopic (exact) mass is 436 g/mol. The number of allylic oxidation sites excluding steroid dienone is 1. The van der Waals surface area contributed by atoms with Crippen molar-refractivity contribution in [2.75, 3.05) is 13.2 Å². The Balaban J connectivity index is 1.66. The smallest absolute Gasteiger partial charge is 0.173 e. The molecule has 0 spiro atoms. The van der Waals surface area contributed by atoms with Gasteiger partial charge in [0.15, 0.2) is 22.4 Å². The van der Waals surface area contributed by atoms with Crippen LogP contribution in [-0.2, 0) is 11.4 Å². The van der Waals surface area contributed by atoms with Gasteiger partial charge in [-0.1, -0.05) is 36.4 Å². The molecule has 2 aromatic rings. The number of rotatable bonds is 7. The third-order valence-electron chi connectivity index (χ3n) is 5.71. The van der Waals surface area contributed by atoms with E-state index in [-0.39, 0.29) is 11.8 Å². The van der Waals surface area contributed by atoms with Crippen LogP contribution in [0.1, 0.15) is 50.3 Å². The molecule has 4 rings (SSSR count). The standard InChI is InChI=1S/C25H28N2O3S/c1-3-27-19-11-8-12-20(28)23(19)24(26-25(27)31)18-13-14-21(22(15-18)29-4-2)30-16-17-9-6-5-7-10-17/h5-7,9-10,13-15,24H,3-4,8,11-12,16H2,1-2H3,(H,26,31). The summed E-state index contributed by atoms with van der Waals surface area (Å²) in [6, 6.07) is 15.7. The van der Waals surface area contributed by atoms with E-state index < -0.39 is 0 Å². The van der Waals surface area contributed by atoms with E-state index in [0.29, 0.717) is 36.2 Å². The quantitative estimate of drug-likeness (QED) is 0.622. The van der Waals surface area contributed by atoms with Crippen molar-refractivity contribution in [3.8, 4) is 11.5 Å². The fourth-order valence-corrected chi connectivity index (χ4v) is 4.62. The molecular formula is C25H28N2O3S. The minimum atomic E-state index is -0.263. The predicted octanol–water partition coefficient (Wildman–Crippen LogP) is 4.92. The first-order valence-corrected chi connectivity index (χ1v) is 11.3. The highest BCUT2D eigenvalue weighted by Gasteiger charge is 2.36. The fraction of sp³-hybridized carbons (Fsp3) is 0.360. The van der Waals surface area contributed by atoms with Crippen LogP contribution in [0.3, 0.4) is 0 Å². The van der Waals surface area contributed by atoms with Gasteiger partial charge in [0.2, 0.25) is 0 Å². The Bertz CT molecular complexity index is 1000. The summed E-state index contributed by atoms with van der Waals surface area (Å²) >= 11 is 5.63. The highest BCUT2D eigenvalue weighted by molar-refractivity contribution is 7.80. The van der Waals surface area contributed by atoms with E-state index in [4.69, 9.17) is 21.7 Å². The molecule has 2 aromatic carbocycles. The molecule has 1 heterocycles.